The third-order valence-corrected chi connectivity index (χ3v) is 5.03. The molecule has 142 valence electrons. The quantitative estimate of drug-likeness (QED) is 0.650. The number of aromatic nitrogens is 1. The number of carbonyl (C=O) groups is 1. The van der Waals surface area contributed by atoms with Gasteiger partial charge in [0.15, 0.2) is 0 Å². The summed E-state index contributed by atoms with van der Waals surface area (Å²) in [5.74, 6) is 0.136. The van der Waals surface area contributed by atoms with Gasteiger partial charge in [-0.05, 0) is 28.6 Å². The number of carbonyl (C=O) groups excluding carboxylic acids is 1. The van der Waals surface area contributed by atoms with Gasteiger partial charge in [-0.3, -0.25) is 9.78 Å². The Labute approximate surface area is 163 Å². The second kappa shape index (κ2) is 8.10. The zero-order valence-electron chi connectivity index (χ0n) is 15.4. The minimum absolute atomic E-state index is 0.0428. The van der Waals surface area contributed by atoms with Crippen LogP contribution >= 0.6 is 0 Å². The van der Waals surface area contributed by atoms with Gasteiger partial charge < -0.3 is 20.1 Å². The molecule has 0 amide bonds. The first-order chi connectivity index (χ1) is 13.7. The molecule has 3 N–H and O–H groups in total. The van der Waals surface area contributed by atoms with Crippen molar-refractivity contribution in [3.63, 3.8) is 0 Å². The Hall–Kier alpha value is -2.74. The largest absolute Gasteiger partial charge is 0.495 e. The molecule has 28 heavy (non-hydrogen) atoms. The van der Waals surface area contributed by atoms with Crippen LogP contribution in [0.15, 0.2) is 54.9 Å². The van der Waals surface area contributed by atoms with Crippen molar-refractivity contribution in [3.8, 4) is 5.75 Å². The second-order valence-corrected chi connectivity index (χ2v) is 6.86. The van der Waals surface area contributed by atoms with Gasteiger partial charge in [0, 0.05) is 36.2 Å². The van der Waals surface area contributed by atoms with Crippen LogP contribution in [0.5, 0.6) is 5.75 Å². The van der Waals surface area contributed by atoms with Crippen LogP contribution < -0.4 is 15.9 Å². The molecule has 0 fully saturated rings. The normalized spacial score (nSPS) is 14.9. The second-order valence-electron chi connectivity index (χ2n) is 6.86. The molecule has 1 unspecified atom stereocenters. The number of ether oxygens (including phenoxy) is 1. The number of rotatable bonds is 5. The molecule has 0 saturated carbocycles. The van der Waals surface area contributed by atoms with Crippen molar-refractivity contribution in [3.05, 3.63) is 66.0 Å². The summed E-state index contributed by atoms with van der Waals surface area (Å²) >= 11 is 0. The molecule has 0 bridgehead atoms. The van der Waals surface area contributed by atoms with Crippen molar-refractivity contribution in [1.82, 2.24) is 4.98 Å². The molecule has 1 aliphatic heterocycles. The lowest BCUT2D eigenvalue weighted by Crippen LogP contribution is -2.33. The third kappa shape index (κ3) is 3.78. The van der Waals surface area contributed by atoms with Crippen molar-refractivity contribution >= 4 is 29.1 Å². The van der Waals surface area contributed by atoms with Gasteiger partial charge in [0.05, 0.1) is 12.5 Å². The fourth-order valence-corrected chi connectivity index (χ4v) is 3.52. The smallest absolute Gasteiger partial charge is 0.492 e. The number of nitrogens with two attached hydrogens (primary N) is 1. The summed E-state index contributed by atoms with van der Waals surface area (Å²) in [5, 5.41) is 12.1. The summed E-state index contributed by atoms with van der Waals surface area (Å²) in [6.45, 7) is 0.858. The number of pyridine rings is 1. The minimum Gasteiger partial charge on any atom is -0.492 e. The SMILES string of the molecule is NCC(C(=O)Cc1ccc2cnccc2c1)c1ccc2c(c1)OCCOB2O. The molecule has 4 rings (SSSR count). The Morgan fingerprint density at radius 2 is 2.07 bits per heavy atom. The minimum atomic E-state index is -1.02. The Bertz CT molecular complexity index is 1010. The van der Waals surface area contributed by atoms with E-state index in [0.717, 1.165) is 21.9 Å². The molecule has 3 aromatic rings. The molecular weight excluding hydrogens is 355 g/mol. The van der Waals surface area contributed by atoms with Gasteiger partial charge in [-0.2, -0.15) is 0 Å². The predicted octanol–water partition coefficient (Wildman–Crippen LogP) is 1.19. The van der Waals surface area contributed by atoms with Gasteiger partial charge in [-0.25, -0.2) is 0 Å². The van der Waals surface area contributed by atoms with Crippen LogP contribution in [0.2, 0.25) is 0 Å². The summed E-state index contributed by atoms with van der Waals surface area (Å²) < 4.78 is 10.9. The number of fused-ring (bicyclic) bond motifs is 2. The van der Waals surface area contributed by atoms with Gasteiger partial charge in [0.1, 0.15) is 18.1 Å². The van der Waals surface area contributed by atoms with E-state index in [1.54, 1.807) is 24.5 Å². The van der Waals surface area contributed by atoms with Gasteiger partial charge in [-0.1, -0.05) is 30.3 Å². The summed E-state index contributed by atoms with van der Waals surface area (Å²) in [4.78, 5) is 17.1. The van der Waals surface area contributed by atoms with E-state index in [9.17, 15) is 9.82 Å². The number of nitrogens with zero attached hydrogens (tertiary/aromatic N) is 1. The molecule has 6 nitrogen and oxygen atoms in total. The molecule has 0 aliphatic carbocycles. The summed E-state index contributed by atoms with van der Waals surface area (Å²) in [6.07, 6.45) is 3.84. The van der Waals surface area contributed by atoms with E-state index in [0.29, 0.717) is 30.8 Å². The zero-order chi connectivity index (χ0) is 19.5. The highest BCUT2D eigenvalue weighted by atomic mass is 16.6. The molecule has 0 saturated heterocycles. The van der Waals surface area contributed by atoms with E-state index in [-0.39, 0.29) is 12.3 Å². The molecule has 1 atom stereocenters. The summed E-state index contributed by atoms with van der Waals surface area (Å²) in [5.41, 5.74) is 8.23. The van der Waals surface area contributed by atoms with Crippen LogP contribution in [0.1, 0.15) is 17.0 Å². The first-order valence-electron chi connectivity index (χ1n) is 9.27. The first-order valence-corrected chi connectivity index (χ1v) is 9.27. The van der Waals surface area contributed by atoms with Crippen LogP contribution in [-0.4, -0.2) is 42.7 Å². The molecular formula is C21H21BN2O4. The maximum absolute atomic E-state index is 13.0. The Kier molecular flexibility index (Phi) is 5.39. The van der Waals surface area contributed by atoms with Crippen LogP contribution in [0.3, 0.4) is 0 Å². The van der Waals surface area contributed by atoms with Crippen LogP contribution in [0.4, 0.5) is 0 Å². The maximum atomic E-state index is 13.0. The first kappa shape index (κ1) is 18.6. The number of hydrogen-bond donors (Lipinski definition) is 2. The van der Waals surface area contributed by atoms with Crippen molar-refractivity contribution in [2.24, 2.45) is 5.73 Å². The predicted molar refractivity (Wildman–Crippen MR) is 108 cm³/mol. The zero-order valence-corrected chi connectivity index (χ0v) is 15.4. The summed E-state index contributed by atoms with van der Waals surface area (Å²) in [6, 6.07) is 13.2. The van der Waals surface area contributed by atoms with Gasteiger partial charge in [-0.15, -0.1) is 0 Å². The van der Waals surface area contributed by atoms with Gasteiger partial charge in [0.2, 0.25) is 0 Å². The monoisotopic (exact) mass is 376 g/mol. The number of Topliss-reactive ketones (excluding diaryl/α,β-unsaturated/α-hetero) is 1. The maximum Gasteiger partial charge on any atom is 0.495 e. The third-order valence-electron chi connectivity index (χ3n) is 5.03. The highest BCUT2D eigenvalue weighted by Crippen LogP contribution is 2.24. The number of ketones is 1. The lowest BCUT2D eigenvalue weighted by molar-refractivity contribution is -0.119. The Balaban J connectivity index is 1.57. The van der Waals surface area contributed by atoms with Crippen LogP contribution in [0.25, 0.3) is 10.8 Å². The van der Waals surface area contributed by atoms with Crippen molar-refractivity contribution in [1.29, 1.82) is 0 Å². The van der Waals surface area contributed by atoms with E-state index >= 15 is 0 Å². The van der Waals surface area contributed by atoms with Gasteiger partial charge >= 0.3 is 7.12 Å². The van der Waals surface area contributed by atoms with E-state index in [2.05, 4.69) is 4.98 Å². The van der Waals surface area contributed by atoms with Crippen molar-refractivity contribution in [2.45, 2.75) is 12.3 Å². The molecule has 0 spiro atoms. The fraction of sp³-hybridized carbons (Fsp3) is 0.238. The van der Waals surface area contributed by atoms with Crippen LogP contribution in [0, 0.1) is 0 Å². The molecule has 1 aliphatic rings. The number of benzene rings is 2. The highest BCUT2D eigenvalue weighted by molar-refractivity contribution is 6.61. The topological polar surface area (TPSA) is 94.7 Å². The van der Waals surface area contributed by atoms with E-state index in [1.807, 2.05) is 30.3 Å². The Morgan fingerprint density at radius 3 is 2.93 bits per heavy atom. The lowest BCUT2D eigenvalue weighted by atomic mass is 9.77. The molecule has 7 heteroatoms. The Morgan fingerprint density at radius 1 is 1.18 bits per heavy atom. The van der Waals surface area contributed by atoms with Gasteiger partial charge in [0.25, 0.3) is 0 Å². The molecule has 0 radical (unpaired) electrons. The average Bonchev–Trinajstić information content (AvgIpc) is 2.89. The fourth-order valence-electron chi connectivity index (χ4n) is 3.52. The molecule has 2 heterocycles. The summed E-state index contributed by atoms with van der Waals surface area (Å²) in [7, 11) is -1.02. The van der Waals surface area contributed by atoms with Crippen molar-refractivity contribution in [2.75, 3.05) is 19.8 Å². The number of hydrogen-bond acceptors (Lipinski definition) is 6. The highest BCUT2D eigenvalue weighted by Gasteiger charge is 2.27. The van der Waals surface area contributed by atoms with Crippen LogP contribution in [-0.2, 0) is 15.9 Å². The van der Waals surface area contributed by atoms with E-state index in [4.69, 9.17) is 15.1 Å². The standard InChI is InChI=1S/C21H21BN2O4/c23-12-18(16-3-4-19-21(11-16)27-7-8-28-22(19)26)20(25)10-14-1-2-17-13-24-6-5-15(17)9-14/h1-6,9,11,13,18,26H,7-8,10,12,23H2. The molecule has 2 aromatic carbocycles. The van der Waals surface area contributed by atoms with E-state index < -0.39 is 13.0 Å². The average molecular weight is 376 g/mol. The van der Waals surface area contributed by atoms with Crippen molar-refractivity contribution < 1.29 is 19.2 Å². The molecule has 1 aromatic heterocycles. The lowest BCUT2D eigenvalue weighted by Gasteiger charge is -2.17. The van der Waals surface area contributed by atoms with E-state index in [1.165, 1.54) is 0 Å².